The van der Waals surface area contributed by atoms with Gasteiger partial charge in [0.05, 0.1) is 6.04 Å². The first-order valence-electron chi connectivity index (χ1n) is 4.67. The molecule has 3 nitrogen and oxygen atoms in total. The number of nitrogens with two attached hydrogens (primary N) is 1. The van der Waals surface area contributed by atoms with Gasteiger partial charge in [0, 0.05) is 12.7 Å². The summed E-state index contributed by atoms with van der Waals surface area (Å²) in [5.41, 5.74) is 5.49. The van der Waals surface area contributed by atoms with E-state index < -0.39 is 0 Å². The number of fused-ring (bicyclic) bond motifs is 1. The molecule has 0 aromatic rings. The number of hydrazine groups is 1. The fraction of sp³-hybridized carbons (Fsp3) is 0.400. The minimum atomic E-state index is 0.512. The van der Waals surface area contributed by atoms with Crippen molar-refractivity contribution in [1.82, 2.24) is 10.7 Å². The molecule has 0 spiro atoms. The Kier molecular flexibility index (Phi) is 2.47. The number of hydrogen-bond donors (Lipinski definition) is 3. The molecule has 4 N–H and O–H groups in total. The molecule has 1 aliphatic heterocycles. The molecule has 2 aliphatic rings. The SMILES string of the molecule is NNCCC1=CNC2CC=CC=C12. The van der Waals surface area contributed by atoms with Crippen molar-refractivity contribution in [3.63, 3.8) is 0 Å². The summed E-state index contributed by atoms with van der Waals surface area (Å²) in [6.45, 7) is 0.835. The highest BCUT2D eigenvalue weighted by molar-refractivity contribution is 5.44. The Morgan fingerprint density at radius 3 is 3.38 bits per heavy atom. The maximum Gasteiger partial charge on any atom is 0.0546 e. The lowest BCUT2D eigenvalue weighted by Crippen LogP contribution is -2.24. The van der Waals surface area contributed by atoms with Crippen LogP contribution in [0.5, 0.6) is 0 Å². The molecule has 0 amide bonds. The van der Waals surface area contributed by atoms with E-state index in [0.717, 1.165) is 19.4 Å². The lowest BCUT2D eigenvalue weighted by molar-refractivity contribution is 0.698. The first-order chi connectivity index (χ1) is 6.42. The van der Waals surface area contributed by atoms with Crippen LogP contribution in [-0.4, -0.2) is 12.6 Å². The number of rotatable bonds is 3. The Morgan fingerprint density at radius 2 is 2.54 bits per heavy atom. The third-order valence-corrected chi connectivity index (χ3v) is 2.53. The van der Waals surface area contributed by atoms with Crippen molar-refractivity contribution in [3.05, 3.63) is 35.6 Å². The van der Waals surface area contributed by atoms with E-state index in [4.69, 9.17) is 5.84 Å². The fourth-order valence-electron chi connectivity index (χ4n) is 1.83. The fourth-order valence-corrected chi connectivity index (χ4v) is 1.83. The van der Waals surface area contributed by atoms with E-state index in [2.05, 4.69) is 35.2 Å². The van der Waals surface area contributed by atoms with Crippen molar-refractivity contribution in [2.24, 2.45) is 5.84 Å². The van der Waals surface area contributed by atoms with Crippen LogP contribution in [0.1, 0.15) is 12.8 Å². The average Bonchev–Trinajstić information content (AvgIpc) is 2.58. The number of hydrogen-bond acceptors (Lipinski definition) is 3. The van der Waals surface area contributed by atoms with Crippen LogP contribution in [0, 0.1) is 0 Å². The molecule has 0 aromatic carbocycles. The highest BCUT2D eigenvalue weighted by Crippen LogP contribution is 2.27. The minimum Gasteiger partial charge on any atom is -0.384 e. The molecule has 3 heteroatoms. The van der Waals surface area contributed by atoms with Gasteiger partial charge in [0.15, 0.2) is 0 Å². The van der Waals surface area contributed by atoms with Gasteiger partial charge in [0.25, 0.3) is 0 Å². The minimum absolute atomic E-state index is 0.512. The summed E-state index contributed by atoms with van der Waals surface area (Å²) < 4.78 is 0. The van der Waals surface area contributed by atoms with Crippen molar-refractivity contribution in [2.75, 3.05) is 6.54 Å². The van der Waals surface area contributed by atoms with E-state index in [1.165, 1.54) is 11.1 Å². The largest absolute Gasteiger partial charge is 0.384 e. The molecule has 1 heterocycles. The van der Waals surface area contributed by atoms with Crippen molar-refractivity contribution in [3.8, 4) is 0 Å². The zero-order chi connectivity index (χ0) is 9.10. The van der Waals surface area contributed by atoms with Crippen LogP contribution in [0.2, 0.25) is 0 Å². The van der Waals surface area contributed by atoms with Crippen LogP contribution in [0.25, 0.3) is 0 Å². The van der Waals surface area contributed by atoms with Gasteiger partial charge in [0.1, 0.15) is 0 Å². The van der Waals surface area contributed by atoms with Crippen LogP contribution in [0.3, 0.4) is 0 Å². The highest BCUT2D eigenvalue weighted by atomic mass is 15.2. The quantitative estimate of drug-likeness (QED) is 0.436. The van der Waals surface area contributed by atoms with Gasteiger partial charge in [-0.15, -0.1) is 0 Å². The summed E-state index contributed by atoms with van der Waals surface area (Å²) >= 11 is 0. The second-order valence-electron chi connectivity index (χ2n) is 3.38. The van der Waals surface area contributed by atoms with Crippen LogP contribution in [0.4, 0.5) is 0 Å². The Hall–Kier alpha value is -1.06. The van der Waals surface area contributed by atoms with Crippen LogP contribution >= 0.6 is 0 Å². The van der Waals surface area contributed by atoms with E-state index >= 15 is 0 Å². The molecule has 0 saturated carbocycles. The lowest BCUT2D eigenvalue weighted by atomic mass is 9.94. The molecule has 0 bridgehead atoms. The van der Waals surface area contributed by atoms with E-state index in [0.29, 0.717) is 6.04 Å². The Morgan fingerprint density at radius 1 is 1.62 bits per heavy atom. The lowest BCUT2D eigenvalue weighted by Gasteiger charge is -2.15. The number of nitrogens with one attached hydrogen (secondary N) is 2. The summed E-state index contributed by atoms with van der Waals surface area (Å²) in [7, 11) is 0. The Balaban J connectivity index is 2.04. The first kappa shape index (κ1) is 8.53. The monoisotopic (exact) mass is 177 g/mol. The van der Waals surface area contributed by atoms with Crippen molar-refractivity contribution >= 4 is 0 Å². The van der Waals surface area contributed by atoms with Gasteiger partial charge < -0.3 is 5.32 Å². The van der Waals surface area contributed by atoms with Crippen LogP contribution in [-0.2, 0) is 0 Å². The third kappa shape index (κ3) is 1.66. The van der Waals surface area contributed by atoms with Gasteiger partial charge in [0.2, 0.25) is 0 Å². The molecule has 0 aromatic heterocycles. The smallest absolute Gasteiger partial charge is 0.0546 e. The van der Waals surface area contributed by atoms with Gasteiger partial charge in [-0.25, -0.2) is 0 Å². The Bertz CT molecular complexity index is 276. The van der Waals surface area contributed by atoms with Gasteiger partial charge in [-0.3, -0.25) is 11.3 Å². The van der Waals surface area contributed by atoms with Gasteiger partial charge in [-0.05, 0) is 24.0 Å². The zero-order valence-corrected chi connectivity index (χ0v) is 7.59. The second-order valence-corrected chi connectivity index (χ2v) is 3.38. The molecule has 1 aliphatic carbocycles. The standard InChI is InChI=1S/C10H15N3/c11-13-6-5-8-7-12-10-4-2-1-3-9(8)10/h1-3,7,10,12-13H,4-6,11H2. The third-order valence-electron chi connectivity index (χ3n) is 2.53. The first-order valence-corrected chi connectivity index (χ1v) is 4.67. The molecule has 70 valence electrons. The van der Waals surface area contributed by atoms with Crippen molar-refractivity contribution < 1.29 is 0 Å². The second kappa shape index (κ2) is 3.77. The number of allylic oxidation sites excluding steroid dienone is 2. The summed E-state index contributed by atoms with van der Waals surface area (Å²) in [6.07, 6.45) is 10.7. The van der Waals surface area contributed by atoms with E-state index in [1.807, 2.05) is 0 Å². The van der Waals surface area contributed by atoms with Crippen LogP contribution < -0.4 is 16.6 Å². The zero-order valence-electron chi connectivity index (χ0n) is 7.59. The predicted molar refractivity (Wildman–Crippen MR) is 53.7 cm³/mol. The normalized spacial score (nSPS) is 24.8. The Labute approximate surface area is 78.4 Å². The van der Waals surface area contributed by atoms with Gasteiger partial charge in [-0.2, -0.15) is 0 Å². The molecule has 13 heavy (non-hydrogen) atoms. The highest BCUT2D eigenvalue weighted by Gasteiger charge is 2.22. The average molecular weight is 177 g/mol. The summed E-state index contributed by atoms with van der Waals surface area (Å²) in [6, 6.07) is 0.512. The van der Waals surface area contributed by atoms with Crippen LogP contribution in [0.15, 0.2) is 35.6 Å². The molecule has 0 saturated heterocycles. The topological polar surface area (TPSA) is 50.1 Å². The van der Waals surface area contributed by atoms with Crippen molar-refractivity contribution in [2.45, 2.75) is 18.9 Å². The van der Waals surface area contributed by atoms with E-state index in [-0.39, 0.29) is 0 Å². The van der Waals surface area contributed by atoms with Crippen molar-refractivity contribution in [1.29, 1.82) is 0 Å². The van der Waals surface area contributed by atoms with Gasteiger partial charge >= 0.3 is 0 Å². The molecule has 1 unspecified atom stereocenters. The summed E-state index contributed by atoms with van der Waals surface area (Å²) in [5, 5.41) is 3.37. The maximum atomic E-state index is 5.24. The molecular formula is C10H15N3. The van der Waals surface area contributed by atoms with E-state index in [9.17, 15) is 0 Å². The summed E-state index contributed by atoms with van der Waals surface area (Å²) in [4.78, 5) is 0. The molecular weight excluding hydrogens is 162 g/mol. The molecule has 1 atom stereocenters. The molecule has 0 fully saturated rings. The van der Waals surface area contributed by atoms with E-state index in [1.54, 1.807) is 0 Å². The molecule has 2 rings (SSSR count). The summed E-state index contributed by atoms with van der Waals surface area (Å²) in [5.74, 6) is 5.24. The van der Waals surface area contributed by atoms with Gasteiger partial charge in [-0.1, -0.05) is 18.2 Å². The maximum absolute atomic E-state index is 5.24. The predicted octanol–water partition coefficient (Wildman–Crippen LogP) is 0.582. The molecule has 0 radical (unpaired) electrons.